The molecule has 0 aromatic heterocycles. The summed E-state index contributed by atoms with van der Waals surface area (Å²) in [6, 6.07) is 6.53. The largest absolute Gasteiger partial charge is 0.492 e. The van der Waals surface area contributed by atoms with Crippen LogP contribution in [0.15, 0.2) is 40.8 Å². The van der Waals surface area contributed by atoms with Gasteiger partial charge in [0.2, 0.25) is 0 Å². The van der Waals surface area contributed by atoms with Gasteiger partial charge in [-0.1, -0.05) is 17.7 Å². The molecule has 0 spiro atoms. The van der Waals surface area contributed by atoms with Gasteiger partial charge in [0.25, 0.3) is 10.0 Å². The average Bonchev–Trinajstić information content (AvgIpc) is 3.63. The summed E-state index contributed by atoms with van der Waals surface area (Å²) in [6.07, 6.45) is 2.52. The van der Waals surface area contributed by atoms with E-state index in [1.165, 1.54) is 24.2 Å². The molecule has 2 N–H and O–H groups in total. The Morgan fingerprint density at radius 3 is 2.83 bits per heavy atom. The summed E-state index contributed by atoms with van der Waals surface area (Å²) in [4.78, 5) is 25.0. The minimum absolute atomic E-state index is 0.00246. The summed E-state index contributed by atoms with van der Waals surface area (Å²) in [5.41, 5.74) is 1.59. The molecular weight excluding hydrogens is 491 g/mol. The van der Waals surface area contributed by atoms with Crippen molar-refractivity contribution in [3.8, 4) is 5.75 Å². The molecule has 0 unspecified atom stereocenters. The number of ether oxygens (including phenoxy) is 2. The van der Waals surface area contributed by atoms with E-state index in [0.29, 0.717) is 43.2 Å². The van der Waals surface area contributed by atoms with E-state index in [-0.39, 0.29) is 34.2 Å². The monoisotopic (exact) mass is 516 g/mol. The lowest BCUT2D eigenvalue weighted by atomic mass is 10.0. The van der Waals surface area contributed by atoms with E-state index in [0.717, 1.165) is 30.2 Å². The number of hydrogen-bond acceptors (Lipinski definition) is 6. The normalized spacial score (nSPS) is 21.7. The Hall–Kier alpha value is -3.60. The number of fused-ring (bicyclic) bond motifs is 3. The van der Waals surface area contributed by atoms with Crippen molar-refractivity contribution in [1.82, 2.24) is 4.90 Å². The van der Waals surface area contributed by atoms with E-state index in [1.807, 2.05) is 0 Å². The van der Waals surface area contributed by atoms with Gasteiger partial charge < -0.3 is 19.5 Å². The molecule has 0 bridgehead atoms. The summed E-state index contributed by atoms with van der Waals surface area (Å²) in [5.74, 6) is -0.376. The first-order chi connectivity index (χ1) is 17.2. The van der Waals surface area contributed by atoms with E-state index in [2.05, 4.69) is 4.72 Å². The molecule has 1 saturated carbocycles. The van der Waals surface area contributed by atoms with Gasteiger partial charge in [-0.15, -0.1) is 0 Å². The molecule has 5 rings (SSSR count). The van der Waals surface area contributed by atoms with Crippen molar-refractivity contribution in [3.63, 3.8) is 0 Å². The number of nitrogens with one attached hydrogen (secondary N) is 1. The molecule has 1 aliphatic carbocycles. The van der Waals surface area contributed by atoms with E-state index in [9.17, 15) is 27.5 Å². The zero-order valence-corrected chi connectivity index (χ0v) is 20.3. The van der Waals surface area contributed by atoms with Crippen LogP contribution in [0.1, 0.15) is 46.7 Å². The van der Waals surface area contributed by atoms with E-state index < -0.39 is 27.9 Å². The molecule has 2 aliphatic heterocycles. The van der Waals surface area contributed by atoms with Crippen molar-refractivity contribution in [1.29, 1.82) is 0 Å². The number of amides is 1. The summed E-state index contributed by atoms with van der Waals surface area (Å²) in [6.45, 7) is 0.928. The van der Waals surface area contributed by atoms with Crippen LogP contribution < -0.4 is 9.46 Å². The number of benzene rings is 2. The fourth-order valence-corrected chi connectivity index (χ4v) is 6.16. The Morgan fingerprint density at radius 1 is 1.28 bits per heavy atom. The Labute approximate surface area is 207 Å². The number of carbonyl (C=O) groups excluding carboxylic acids is 1. The second-order valence-electron chi connectivity index (χ2n) is 9.21. The van der Waals surface area contributed by atoms with Crippen molar-refractivity contribution in [2.24, 2.45) is 5.92 Å². The zero-order valence-electron chi connectivity index (χ0n) is 19.5. The highest BCUT2D eigenvalue weighted by Crippen LogP contribution is 2.55. The molecule has 3 aliphatic rings. The quantitative estimate of drug-likeness (QED) is 0.575. The van der Waals surface area contributed by atoms with Gasteiger partial charge in [-0.25, -0.2) is 22.4 Å². The Balaban J connectivity index is 1.52. The van der Waals surface area contributed by atoms with E-state index >= 15 is 0 Å². The fourth-order valence-electron chi connectivity index (χ4n) is 4.92. The lowest BCUT2D eigenvalue weighted by Gasteiger charge is -2.26. The Bertz CT molecular complexity index is 1390. The predicted molar refractivity (Wildman–Crippen MR) is 128 cm³/mol. The number of sulfonamides is 1. The molecule has 2 aromatic rings. The van der Waals surface area contributed by atoms with Gasteiger partial charge in [-0.05, 0) is 60.6 Å². The molecular formula is C25H25FN2O7S. The highest BCUT2D eigenvalue weighted by molar-refractivity contribution is 7.92. The molecule has 36 heavy (non-hydrogen) atoms. The van der Waals surface area contributed by atoms with Gasteiger partial charge in [0.1, 0.15) is 17.1 Å². The van der Waals surface area contributed by atoms with Crippen LogP contribution in [0, 0.1) is 11.7 Å². The minimum Gasteiger partial charge on any atom is -0.492 e. The molecule has 190 valence electrons. The molecule has 2 atom stereocenters. The average molecular weight is 517 g/mol. The first-order valence-electron chi connectivity index (χ1n) is 11.6. The molecule has 0 radical (unpaired) electrons. The van der Waals surface area contributed by atoms with Crippen molar-refractivity contribution >= 4 is 33.8 Å². The lowest BCUT2D eigenvalue weighted by Crippen LogP contribution is -2.35. The van der Waals surface area contributed by atoms with Crippen LogP contribution >= 0.6 is 0 Å². The third kappa shape index (κ3) is 4.50. The second kappa shape index (κ2) is 9.12. The number of nitrogens with zero attached hydrogens (tertiary/aromatic N) is 1. The Kier molecular flexibility index (Phi) is 6.11. The number of carbonyl (C=O) groups is 2. The third-order valence-corrected chi connectivity index (χ3v) is 8.24. The number of halogens is 1. The Morgan fingerprint density at radius 2 is 2.08 bits per heavy atom. The van der Waals surface area contributed by atoms with Crippen molar-refractivity contribution in [2.75, 3.05) is 31.5 Å². The third-order valence-electron chi connectivity index (χ3n) is 6.80. The molecule has 2 fully saturated rings. The molecule has 1 amide bonds. The van der Waals surface area contributed by atoms with Gasteiger partial charge >= 0.3 is 12.1 Å². The number of methoxy groups -OCH3 is 1. The molecule has 2 heterocycles. The smallest absolute Gasteiger partial charge is 0.407 e. The van der Waals surface area contributed by atoms with Crippen LogP contribution in [0.25, 0.3) is 6.08 Å². The summed E-state index contributed by atoms with van der Waals surface area (Å²) in [5, 5.41) is 9.29. The van der Waals surface area contributed by atoms with Crippen molar-refractivity contribution < 1.29 is 37.0 Å². The van der Waals surface area contributed by atoms with Crippen LogP contribution in [-0.2, 0) is 14.8 Å². The number of anilines is 1. The molecule has 2 aromatic carbocycles. The van der Waals surface area contributed by atoms with Gasteiger partial charge in [0.15, 0.2) is 0 Å². The van der Waals surface area contributed by atoms with Crippen LogP contribution in [0.2, 0.25) is 0 Å². The number of rotatable bonds is 5. The van der Waals surface area contributed by atoms with Gasteiger partial charge in [-0.2, -0.15) is 0 Å². The maximum absolute atomic E-state index is 14.1. The number of carboxylic acid groups (broad SMARTS) is 1. The van der Waals surface area contributed by atoms with Crippen LogP contribution in [0.4, 0.5) is 14.9 Å². The number of esters is 1. The number of likely N-dealkylation sites (tertiary alicyclic amines) is 1. The zero-order chi connectivity index (χ0) is 25.6. The van der Waals surface area contributed by atoms with E-state index in [4.69, 9.17) is 9.47 Å². The second-order valence-corrected chi connectivity index (χ2v) is 10.9. The van der Waals surface area contributed by atoms with Crippen LogP contribution in [0.5, 0.6) is 5.75 Å². The van der Waals surface area contributed by atoms with Crippen LogP contribution in [-0.4, -0.2) is 57.3 Å². The summed E-state index contributed by atoms with van der Waals surface area (Å²) >= 11 is 0. The maximum atomic E-state index is 14.1. The first-order valence-corrected chi connectivity index (χ1v) is 13.0. The van der Waals surface area contributed by atoms with E-state index in [1.54, 1.807) is 6.07 Å². The van der Waals surface area contributed by atoms with Gasteiger partial charge in [0.05, 0.1) is 24.3 Å². The fraction of sp³-hybridized carbons (Fsp3) is 0.360. The van der Waals surface area contributed by atoms with Crippen molar-refractivity contribution in [2.45, 2.75) is 30.1 Å². The molecule has 9 nitrogen and oxygen atoms in total. The van der Waals surface area contributed by atoms with Crippen LogP contribution in [0.3, 0.4) is 0 Å². The highest BCUT2D eigenvalue weighted by Gasteiger charge is 2.45. The van der Waals surface area contributed by atoms with Gasteiger partial charge in [-0.3, -0.25) is 4.72 Å². The van der Waals surface area contributed by atoms with Crippen molar-refractivity contribution in [3.05, 3.63) is 58.4 Å². The summed E-state index contributed by atoms with van der Waals surface area (Å²) in [7, 11) is -3.08. The van der Waals surface area contributed by atoms with Gasteiger partial charge in [0, 0.05) is 19.0 Å². The molecule has 1 saturated heterocycles. The number of piperidine rings is 1. The SMILES string of the molecule is COC(=O)c1c(NS(=O)(=O)c2ccc(F)cc2C=C2CCCN(C(=O)O)C2)ccc2c1OC[C@@H]1C[C@H]21. The maximum Gasteiger partial charge on any atom is 0.407 e. The lowest BCUT2D eigenvalue weighted by molar-refractivity contribution is 0.0596. The first kappa shape index (κ1) is 24.1. The summed E-state index contributed by atoms with van der Waals surface area (Å²) < 4.78 is 54.3. The topological polar surface area (TPSA) is 122 Å². The number of hydrogen-bond donors (Lipinski definition) is 2. The highest BCUT2D eigenvalue weighted by atomic mass is 32.2. The minimum atomic E-state index is -4.29. The molecule has 11 heteroatoms. The standard InChI is InChI=1S/C25H25FN2O7S/c1-34-24(29)22-20(6-5-18-19-11-16(19)13-35-23(18)22)27-36(32,33)21-7-4-17(26)10-15(21)9-14-3-2-8-28(12-14)25(30)31/h4-7,9-10,16,19,27H,2-3,8,11-13H2,1H3,(H,30,31)/t16-,19-/m0/s1. The predicted octanol–water partition coefficient (Wildman–Crippen LogP) is 4.07.